The number of hydrogen-bond donors (Lipinski definition) is 4. The maximum absolute atomic E-state index is 8.50. The molecular weight excluding hydrogens is 340 g/mol. The molecule has 0 aromatic carbocycles. The summed E-state index contributed by atoms with van der Waals surface area (Å²) in [6.45, 7) is 29.9. The lowest BCUT2D eigenvalue weighted by molar-refractivity contribution is -0.0328. The quantitative estimate of drug-likeness (QED) is 0.505. The van der Waals surface area contributed by atoms with Crippen LogP contribution in [0.25, 0.3) is 0 Å². The highest BCUT2D eigenvalue weighted by Gasteiger charge is 2.26. The van der Waals surface area contributed by atoms with Crippen molar-refractivity contribution in [1.82, 2.24) is 0 Å². The second-order valence-corrected chi connectivity index (χ2v) is 4.58. The SMILES string of the molecule is C=CC.C=CC.C=CC.C=CC.C=CC.C=CC.OCC(CO)(CO)CO. The average molecular weight is 389 g/mol. The van der Waals surface area contributed by atoms with Gasteiger partial charge in [0.2, 0.25) is 0 Å². The molecule has 0 unspecified atom stereocenters. The van der Waals surface area contributed by atoms with E-state index in [0.29, 0.717) is 0 Å². The molecule has 0 amide bonds. The minimum absolute atomic E-state index is 0.406. The summed E-state index contributed by atoms with van der Waals surface area (Å²) >= 11 is 0. The minimum Gasteiger partial charge on any atom is -0.396 e. The first-order valence-corrected chi connectivity index (χ1v) is 8.59. The molecule has 0 rings (SSSR count). The maximum Gasteiger partial charge on any atom is 0.0627 e. The topological polar surface area (TPSA) is 80.9 Å². The van der Waals surface area contributed by atoms with E-state index in [-0.39, 0.29) is 0 Å². The maximum atomic E-state index is 8.50. The normalized spacial score (nSPS) is 6.89. The second kappa shape index (κ2) is 64.5. The summed E-state index contributed by atoms with van der Waals surface area (Å²) < 4.78 is 0. The van der Waals surface area contributed by atoms with Crippen LogP contribution in [0.4, 0.5) is 0 Å². The number of rotatable bonds is 4. The van der Waals surface area contributed by atoms with Crippen LogP contribution in [0, 0.1) is 5.41 Å². The fourth-order valence-corrected chi connectivity index (χ4v) is 0.300. The van der Waals surface area contributed by atoms with Crippen LogP contribution in [0.15, 0.2) is 75.9 Å². The zero-order valence-electron chi connectivity index (χ0n) is 18.8. The predicted molar refractivity (Wildman–Crippen MR) is 126 cm³/mol. The van der Waals surface area contributed by atoms with Crippen molar-refractivity contribution in [2.24, 2.45) is 5.41 Å². The Kier molecular flexibility index (Phi) is 107. The zero-order valence-corrected chi connectivity index (χ0v) is 18.8. The molecule has 0 fully saturated rings. The lowest BCUT2D eigenvalue weighted by Crippen LogP contribution is -2.37. The average Bonchev–Trinajstić information content (AvgIpc) is 2.62. The summed E-state index contributed by atoms with van der Waals surface area (Å²) in [4.78, 5) is 0. The van der Waals surface area contributed by atoms with E-state index in [1.807, 2.05) is 41.5 Å². The predicted octanol–water partition coefficient (Wildman–Crippen LogP) is 5.10. The Morgan fingerprint density at radius 1 is 0.444 bits per heavy atom. The fraction of sp³-hybridized carbons (Fsp3) is 0.478. The summed E-state index contributed by atoms with van der Waals surface area (Å²) in [5, 5.41) is 34.0. The number of aliphatic hydroxyl groups excluding tert-OH is 4. The minimum atomic E-state index is -1.11. The van der Waals surface area contributed by atoms with Crippen molar-refractivity contribution < 1.29 is 20.4 Å². The molecule has 0 spiro atoms. The molecule has 0 aliphatic carbocycles. The zero-order chi connectivity index (χ0) is 23.6. The molecule has 4 nitrogen and oxygen atoms in total. The molecule has 0 bridgehead atoms. The van der Waals surface area contributed by atoms with Gasteiger partial charge in [0, 0.05) is 0 Å². The summed E-state index contributed by atoms with van der Waals surface area (Å²) in [5.74, 6) is 0. The molecule has 0 aliphatic rings. The van der Waals surface area contributed by atoms with Crippen molar-refractivity contribution in [2.45, 2.75) is 41.5 Å². The number of allylic oxidation sites excluding steroid dienone is 6. The Bertz CT molecular complexity index is 204. The van der Waals surface area contributed by atoms with Gasteiger partial charge < -0.3 is 20.4 Å². The van der Waals surface area contributed by atoms with Gasteiger partial charge in [0.05, 0.1) is 31.8 Å². The summed E-state index contributed by atoms with van der Waals surface area (Å²) in [6, 6.07) is 0. The van der Waals surface area contributed by atoms with E-state index in [0.717, 1.165) is 0 Å². The van der Waals surface area contributed by atoms with Crippen LogP contribution in [0.2, 0.25) is 0 Å². The van der Waals surface area contributed by atoms with Crippen molar-refractivity contribution in [3.05, 3.63) is 75.9 Å². The van der Waals surface area contributed by atoms with E-state index in [4.69, 9.17) is 20.4 Å². The Hall–Kier alpha value is -1.72. The Labute approximate surface area is 170 Å². The van der Waals surface area contributed by atoms with Crippen molar-refractivity contribution >= 4 is 0 Å². The monoisotopic (exact) mass is 388 g/mol. The largest absolute Gasteiger partial charge is 0.396 e. The molecule has 0 saturated heterocycles. The molecule has 0 aliphatic heterocycles. The highest BCUT2D eigenvalue weighted by Crippen LogP contribution is 2.11. The third-order valence-electron chi connectivity index (χ3n) is 1.34. The molecule has 0 atom stereocenters. The van der Waals surface area contributed by atoms with Crippen molar-refractivity contribution in [2.75, 3.05) is 26.4 Å². The first-order chi connectivity index (χ1) is 12.7. The first kappa shape index (κ1) is 44.6. The molecule has 0 aromatic rings. The molecule has 4 heteroatoms. The molecule has 27 heavy (non-hydrogen) atoms. The van der Waals surface area contributed by atoms with Gasteiger partial charge in [-0.2, -0.15) is 0 Å². The van der Waals surface area contributed by atoms with Crippen LogP contribution >= 0.6 is 0 Å². The molecular formula is C23H48O4. The molecule has 0 radical (unpaired) electrons. The smallest absolute Gasteiger partial charge is 0.0627 e. The molecule has 4 N–H and O–H groups in total. The molecule has 0 heterocycles. The Morgan fingerprint density at radius 3 is 0.519 bits per heavy atom. The van der Waals surface area contributed by atoms with E-state index in [1.54, 1.807) is 36.5 Å². The van der Waals surface area contributed by atoms with E-state index in [1.165, 1.54) is 0 Å². The van der Waals surface area contributed by atoms with Crippen molar-refractivity contribution in [3.8, 4) is 0 Å². The lowest BCUT2D eigenvalue weighted by atomic mass is 9.93. The van der Waals surface area contributed by atoms with Gasteiger partial charge in [-0.3, -0.25) is 0 Å². The van der Waals surface area contributed by atoms with E-state index in [9.17, 15) is 0 Å². The third kappa shape index (κ3) is 114. The van der Waals surface area contributed by atoms with Crippen LogP contribution in [-0.4, -0.2) is 46.9 Å². The highest BCUT2D eigenvalue weighted by molar-refractivity contribution is 4.74. The van der Waals surface area contributed by atoms with Gasteiger partial charge in [0.1, 0.15) is 0 Å². The van der Waals surface area contributed by atoms with Crippen LogP contribution < -0.4 is 0 Å². The van der Waals surface area contributed by atoms with Crippen LogP contribution in [0.5, 0.6) is 0 Å². The van der Waals surface area contributed by atoms with E-state index in [2.05, 4.69) is 39.5 Å². The van der Waals surface area contributed by atoms with Gasteiger partial charge in [-0.1, -0.05) is 36.5 Å². The molecule has 0 saturated carbocycles. The standard InChI is InChI=1S/C5H12O4.6C3H6/c6-1-5(2-7,3-8)4-9;6*1-3-2/h6-9H,1-4H2;6*3H,1H2,2H3. The van der Waals surface area contributed by atoms with Gasteiger partial charge in [-0.05, 0) is 41.5 Å². The number of hydrogen-bond acceptors (Lipinski definition) is 4. The Morgan fingerprint density at radius 2 is 0.519 bits per heavy atom. The molecule has 0 aromatic heterocycles. The fourth-order valence-electron chi connectivity index (χ4n) is 0.300. The van der Waals surface area contributed by atoms with Crippen LogP contribution in [0.1, 0.15) is 41.5 Å². The Balaban J connectivity index is -0.0000000378. The first-order valence-electron chi connectivity index (χ1n) is 8.59. The van der Waals surface area contributed by atoms with E-state index >= 15 is 0 Å². The summed E-state index contributed by atoms with van der Waals surface area (Å²) in [5.41, 5.74) is -1.11. The van der Waals surface area contributed by atoms with Gasteiger partial charge in [-0.15, -0.1) is 39.5 Å². The summed E-state index contributed by atoms with van der Waals surface area (Å²) in [6.07, 6.45) is 10.5. The second-order valence-electron chi connectivity index (χ2n) is 4.58. The van der Waals surface area contributed by atoms with Gasteiger partial charge in [0.15, 0.2) is 0 Å². The van der Waals surface area contributed by atoms with Crippen molar-refractivity contribution in [1.29, 1.82) is 0 Å². The summed E-state index contributed by atoms with van der Waals surface area (Å²) in [7, 11) is 0. The van der Waals surface area contributed by atoms with Gasteiger partial charge in [0.25, 0.3) is 0 Å². The van der Waals surface area contributed by atoms with Crippen LogP contribution in [-0.2, 0) is 0 Å². The van der Waals surface area contributed by atoms with E-state index < -0.39 is 31.8 Å². The molecule has 164 valence electrons. The highest BCUT2D eigenvalue weighted by atomic mass is 16.3. The van der Waals surface area contributed by atoms with Gasteiger partial charge >= 0.3 is 0 Å². The third-order valence-corrected chi connectivity index (χ3v) is 1.34. The van der Waals surface area contributed by atoms with Gasteiger partial charge in [-0.25, -0.2) is 0 Å². The lowest BCUT2D eigenvalue weighted by Gasteiger charge is -2.23. The van der Waals surface area contributed by atoms with Crippen LogP contribution in [0.3, 0.4) is 0 Å². The van der Waals surface area contributed by atoms with Crippen molar-refractivity contribution in [3.63, 3.8) is 0 Å². The number of aliphatic hydroxyl groups is 4.